The van der Waals surface area contributed by atoms with Crippen LogP contribution in [0.15, 0.2) is 54.6 Å². The molecule has 3 fully saturated rings. The highest BCUT2D eigenvalue weighted by Gasteiger charge is 2.28. The van der Waals surface area contributed by atoms with Gasteiger partial charge in [-0.05, 0) is 82.8 Å². The van der Waals surface area contributed by atoms with E-state index in [9.17, 15) is 9.59 Å². The SMILES string of the molecule is CCC1CN(c2cc(N3C[C@@H](C)O[C@@H](C)C3)nc(-c3ccc(NC(=O)Nc4ccc(C(=O)N5CCN(C)CC5)cc4)cc3)n2)CC(C)O1. The number of nitrogens with one attached hydrogen (secondary N) is 2. The Morgan fingerprint density at radius 1 is 0.750 bits per heavy atom. The predicted molar refractivity (Wildman–Crippen MR) is 189 cm³/mol. The first-order chi connectivity index (χ1) is 23.1. The van der Waals surface area contributed by atoms with Crippen molar-refractivity contribution in [2.45, 2.75) is 58.5 Å². The number of likely N-dealkylation sites (N-methyl/N-ethyl adjacent to an activating group) is 1. The van der Waals surface area contributed by atoms with Gasteiger partial charge in [-0.15, -0.1) is 0 Å². The van der Waals surface area contributed by atoms with Crippen molar-refractivity contribution in [2.75, 3.05) is 79.8 Å². The zero-order chi connectivity index (χ0) is 33.8. The molecular formula is C36H48N8O4. The Hall–Kier alpha value is -4.26. The summed E-state index contributed by atoms with van der Waals surface area (Å²) in [5.41, 5.74) is 2.71. The number of ether oxygens (including phenoxy) is 2. The third-order valence-corrected chi connectivity index (χ3v) is 9.13. The quantitative estimate of drug-likeness (QED) is 0.370. The maximum absolute atomic E-state index is 12.9. The maximum atomic E-state index is 12.9. The van der Waals surface area contributed by atoms with E-state index in [4.69, 9.17) is 19.4 Å². The zero-order valence-electron chi connectivity index (χ0n) is 28.7. The summed E-state index contributed by atoms with van der Waals surface area (Å²) in [7, 11) is 2.06. The molecule has 48 heavy (non-hydrogen) atoms. The number of nitrogens with zero attached hydrogens (tertiary/aromatic N) is 6. The van der Waals surface area contributed by atoms with Gasteiger partial charge in [0.1, 0.15) is 11.6 Å². The van der Waals surface area contributed by atoms with Gasteiger partial charge in [0.2, 0.25) is 0 Å². The van der Waals surface area contributed by atoms with Crippen molar-refractivity contribution in [2.24, 2.45) is 0 Å². The summed E-state index contributed by atoms with van der Waals surface area (Å²) in [4.78, 5) is 44.4. The lowest BCUT2D eigenvalue weighted by atomic mass is 10.1. The van der Waals surface area contributed by atoms with Crippen molar-refractivity contribution in [3.05, 3.63) is 60.2 Å². The number of benzene rings is 2. The Kier molecular flexibility index (Phi) is 10.4. The number of urea groups is 1. The van der Waals surface area contributed by atoms with Crippen LogP contribution in [0.3, 0.4) is 0 Å². The minimum atomic E-state index is -0.371. The molecule has 0 bridgehead atoms. The van der Waals surface area contributed by atoms with E-state index >= 15 is 0 Å². The van der Waals surface area contributed by atoms with Crippen molar-refractivity contribution >= 4 is 34.9 Å². The summed E-state index contributed by atoms with van der Waals surface area (Å²) >= 11 is 0. The second-order valence-corrected chi connectivity index (χ2v) is 13.3. The molecule has 0 spiro atoms. The first-order valence-electron chi connectivity index (χ1n) is 17.1. The number of piperazine rings is 1. The van der Waals surface area contributed by atoms with E-state index in [1.165, 1.54) is 0 Å². The van der Waals surface area contributed by atoms with E-state index in [2.05, 4.69) is 66.1 Å². The molecule has 0 saturated carbocycles. The third kappa shape index (κ3) is 8.23. The largest absolute Gasteiger partial charge is 0.372 e. The molecule has 2 unspecified atom stereocenters. The average molecular weight is 657 g/mol. The number of aromatic nitrogens is 2. The summed E-state index contributed by atoms with van der Waals surface area (Å²) in [6.45, 7) is 14.7. The van der Waals surface area contributed by atoms with Crippen LogP contribution in [-0.4, -0.2) is 116 Å². The first-order valence-corrected chi connectivity index (χ1v) is 17.1. The maximum Gasteiger partial charge on any atom is 0.323 e. The van der Waals surface area contributed by atoms with Gasteiger partial charge in [0.25, 0.3) is 5.91 Å². The van der Waals surface area contributed by atoms with Gasteiger partial charge in [-0.1, -0.05) is 6.92 Å². The number of carbonyl (C=O) groups is 2. The highest BCUT2D eigenvalue weighted by molar-refractivity contribution is 6.00. The topological polar surface area (TPSA) is 115 Å². The van der Waals surface area contributed by atoms with E-state index in [0.29, 0.717) is 35.9 Å². The van der Waals surface area contributed by atoms with E-state index < -0.39 is 0 Å². The fourth-order valence-electron chi connectivity index (χ4n) is 6.58. The average Bonchev–Trinajstić information content (AvgIpc) is 3.08. The Bertz CT molecular complexity index is 1550. The van der Waals surface area contributed by atoms with E-state index in [1.54, 1.807) is 24.3 Å². The molecule has 0 aliphatic carbocycles. The standard InChI is InChI=1S/C36H48N8O4/c1-6-31-23-44(22-26(4)48-31)33-19-32(43-20-24(2)47-25(3)21-43)39-34(40-33)27-7-11-29(12-8-27)37-36(46)38-30-13-9-28(10-14-30)35(45)42-17-15-41(5)16-18-42/h7-14,19,24-26,31H,6,15-18,20-23H2,1-5H3,(H2,37,38,46)/t24-,25+,26?,31?. The van der Waals surface area contributed by atoms with Crippen LogP contribution in [0.1, 0.15) is 44.5 Å². The van der Waals surface area contributed by atoms with E-state index in [-0.39, 0.29) is 36.4 Å². The molecule has 3 aliphatic rings. The van der Waals surface area contributed by atoms with Crippen molar-refractivity contribution in [3.8, 4) is 11.4 Å². The lowest BCUT2D eigenvalue weighted by molar-refractivity contribution is -0.0174. The number of morpholine rings is 2. The summed E-state index contributed by atoms with van der Waals surface area (Å²) in [6.07, 6.45) is 1.39. The van der Waals surface area contributed by atoms with Crippen LogP contribution < -0.4 is 20.4 Å². The normalized spacial score (nSPS) is 23.6. The Morgan fingerprint density at radius 3 is 1.83 bits per heavy atom. The second kappa shape index (κ2) is 14.9. The van der Waals surface area contributed by atoms with Gasteiger partial charge in [0, 0.05) is 80.9 Å². The molecule has 12 nitrogen and oxygen atoms in total. The predicted octanol–water partition coefficient (Wildman–Crippen LogP) is 4.79. The molecule has 0 radical (unpaired) electrons. The van der Waals surface area contributed by atoms with Crippen LogP contribution in [-0.2, 0) is 9.47 Å². The fourth-order valence-corrected chi connectivity index (χ4v) is 6.58. The van der Waals surface area contributed by atoms with Crippen molar-refractivity contribution in [3.63, 3.8) is 0 Å². The Labute approximate surface area is 283 Å². The number of amides is 3. The molecule has 3 aromatic rings. The fraction of sp³-hybridized carbons (Fsp3) is 0.500. The summed E-state index contributed by atoms with van der Waals surface area (Å²) in [5.74, 6) is 2.40. The molecule has 4 heterocycles. The molecule has 2 aromatic carbocycles. The van der Waals surface area contributed by atoms with Gasteiger partial charge in [0.15, 0.2) is 5.82 Å². The molecule has 3 amide bonds. The summed E-state index contributed by atoms with van der Waals surface area (Å²) in [6, 6.07) is 16.3. The summed E-state index contributed by atoms with van der Waals surface area (Å²) < 4.78 is 12.1. The number of hydrogen-bond donors (Lipinski definition) is 2. The van der Waals surface area contributed by atoms with Crippen LogP contribution in [0.2, 0.25) is 0 Å². The minimum absolute atomic E-state index is 0.0135. The van der Waals surface area contributed by atoms with Crippen LogP contribution >= 0.6 is 0 Å². The van der Waals surface area contributed by atoms with Gasteiger partial charge in [-0.3, -0.25) is 4.79 Å². The van der Waals surface area contributed by atoms with Crippen LogP contribution in [0.4, 0.5) is 27.8 Å². The molecule has 3 saturated heterocycles. The lowest BCUT2D eigenvalue weighted by Gasteiger charge is -2.39. The van der Waals surface area contributed by atoms with Crippen molar-refractivity contribution < 1.29 is 19.1 Å². The van der Waals surface area contributed by atoms with Crippen LogP contribution in [0.5, 0.6) is 0 Å². The molecular weight excluding hydrogens is 608 g/mol. The summed E-state index contributed by atoms with van der Waals surface area (Å²) in [5, 5.41) is 5.76. The minimum Gasteiger partial charge on any atom is -0.372 e. The van der Waals surface area contributed by atoms with Crippen LogP contribution in [0.25, 0.3) is 11.4 Å². The molecule has 6 rings (SSSR count). The number of hydrogen-bond acceptors (Lipinski definition) is 9. The number of carbonyl (C=O) groups excluding carboxylic acids is 2. The molecule has 1 aromatic heterocycles. The smallest absolute Gasteiger partial charge is 0.323 e. The molecule has 2 N–H and O–H groups in total. The second-order valence-electron chi connectivity index (χ2n) is 13.3. The molecule has 3 aliphatic heterocycles. The first kappa shape index (κ1) is 33.6. The van der Waals surface area contributed by atoms with Crippen LogP contribution in [0, 0.1) is 0 Å². The third-order valence-electron chi connectivity index (χ3n) is 9.13. The van der Waals surface area contributed by atoms with Crippen molar-refractivity contribution in [1.29, 1.82) is 0 Å². The highest BCUT2D eigenvalue weighted by Crippen LogP contribution is 2.29. The number of rotatable bonds is 7. The molecule has 12 heteroatoms. The van der Waals surface area contributed by atoms with Gasteiger partial charge in [0.05, 0.1) is 24.4 Å². The monoisotopic (exact) mass is 656 g/mol. The van der Waals surface area contributed by atoms with Crippen molar-refractivity contribution in [1.82, 2.24) is 19.8 Å². The highest BCUT2D eigenvalue weighted by atomic mass is 16.5. The molecule has 4 atom stereocenters. The Balaban J connectivity index is 1.14. The molecule has 256 valence electrons. The van der Waals surface area contributed by atoms with Gasteiger partial charge < -0.3 is 39.7 Å². The lowest BCUT2D eigenvalue weighted by Crippen LogP contribution is -2.47. The van der Waals surface area contributed by atoms with Gasteiger partial charge >= 0.3 is 6.03 Å². The number of anilines is 4. The van der Waals surface area contributed by atoms with E-state index in [1.807, 2.05) is 29.2 Å². The van der Waals surface area contributed by atoms with Gasteiger partial charge in [-0.2, -0.15) is 0 Å². The van der Waals surface area contributed by atoms with E-state index in [0.717, 1.165) is 62.9 Å². The zero-order valence-corrected chi connectivity index (χ0v) is 28.7. The van der Waals surface area contributed by atoms with Gasteiger partial charge in [-0.25, -0.2) is 14.8 Å². The Morgan fingerprint density at radius 2 is 1.27 bits per heavy atom.